The highest BCUT2D eigenvalue weighted by Gasteiger charge is 2.52. The molecule has 0 amide bonds. The maximum absolute atomic E-state index is 5.31. The van der Waals surface area contributed by atoms with Crippen LogP contribution in [0.1, 0.15) is 22.3 Å². The predicted molar refractivity (Wildman–Crippen MR) is 212 cm³/mol. The van der Waals surface area contributed by atoms with Crippen molar-refractivity contribution in [3.8, 4) is 55.8 Å². The first-order valence-electron chi connectivity index (χ1n) is 17.7. The smallest absolute Gasteiger partial charge is 0.0731 e. The van der Waals surface area contributed by atoms with Gasteiger partial charge in [0, 0.05) is 17.3 Å². The van der Waals surface area contributed by atoms with Crippen LogP contribution in [-0.4, -0.2) is 4.98 Å². The summed E-state index contributed by atoms with van der Waals surface area (Å²) in [5, 5.41) is 4.90. The molecule has 1 heterocycles. The lowest BCUT2D eigenvalue weighted by Gasteiger charge is -2.32. The van der Waals surface area contributed by atoms with Crippen molar-refractivity contribution in [2.75, 3.05) is 0 Å². The van der Waals surface area contributed by atoms with Crippen LogP contribution in [0.25, 0.3) is 77.3 Å². The van der Waals surface area contributed by atoms with Crippen molar-refractivity contribution in [2.24, 2.45) is 0 Å². The number of hydrogen-bond acceptors (Lipinski definition) is 1. The van der Waals surface area contributed by atoms with E-state index < -0.39 is 5.41 Å². The van der Waals surface area contributed by atoms with Gasteiger partial charge in [-0.3, -0.25) is 4.98 Å². The van der Waals surface area contributed by atoms with Crippen molar-refractivity contribution in [1.82, 2.24) is 4.98 Å². The standard InChI is InChI=1S/C50H31N/c1-2-15-32(16-3-1)47-38-20-4-6-22-40(38)48(41-23-7-5-21-39(41)47)46-30-29-33(31-51-46)34-24-14-25-42-37-19-10-13-28-45(37)50(49(34)42)43-26-11-8-17-35(43)36-18-9-12-27-44(36)50/h1-31H. The average Bonchev–Trinajstić information content (AvgIpc) is 3.68. The second kappa shape index (κ2) is 10.7. The summed E-state index contributed by atoms with van der Waals surface area (Å²) < 4.78 is 0. The number of benzene rings is 8. The summed E-state index contributed by atoms with van der Waals surface area (Å²) >= 11 is 0. The fourth-order valence-corrected chi connectivity index (χ4v) is 9.42. The van der Waals surface area contributed by atoms with Gasteiger partial charge in [0.25, 0.3) is 0 Å². The molecule has 1 nitrogen and oxygen atoms in total. The molecule has 51 heavy (non-hydrogen) atoms. The molecule has 2 aliphatic rings. The monoisotopic (exact) mass is 645 g/mol. The van der Waals surface area contributed by atoms with E-state index in [2.05, 4.69) is 188 Å². The topological polar surface area (TPSA) is 12.9 Å². The molecule has 0 unspecified atom stereocenters. The molecule has 0 bridgehead atoms. The zero-order valence-corrected chi connectivity index (χ0v) is 27.8. The first-order valence-corrected chi connectivity index (χ1v) is 17.7. The first-order chi connectivity index (χ1) is 25.3. The van der Waals surface area contributed by atoms with Crippen LogP contribution in [0.3, 0.4) is 0 Å². The molecule has 0 saturated heterocycles. The third-order valence-corrected chi connectivity index (χ3v) is 11.3. The van der Waals surface area contributed by atoms with E-state index in [0.29, 0.717) is 0 Å². The minimum absolute atomic E-state index is 0.409. The molecule has 1 aromatic heterocycles. The quantitative estimate of drug-likeness (QED) is 0.174. The van der Waals surface area contributed by atoms with E-state index in [1.54, 1.807) is 0 Å². The summed E-state index contributed by atoms with van der Waals surface area (Å²) in [7, 11) is 0. The molecule has 9 aromatic rings. The maximum atomic E-state index is 5.31. The van der Waals surface area contributed by atoms with E-state index >= 15 is 0 Å². The Bertz CT molecular complexity index is 2720. The van der Waals surface area contributed by atoms with Gasteiger partial charge in [-0.05, 0) is 88.8 Å². The highest BCUT2D eigenvalue weighted by atomic mass is 14.7. The Morgan fingerprint density at radius 1 is 0.314 bits per heavy atom. The van der Waals surface area contributed by atoms with Gasteiger partial charge in [0.15, 0.2) is 0 Å². The summed E-state index contributed by atoms with van der Waals surface area (Å²) in [6, 6.07) is 66.7. The molecule has 236 valence electrons. The van der Waals surface area contributed by atoms with Crippen LogP contribution in [0.2, 0.25) is 0 Å². The van der Waals surface area contributed by atoms with E-state index in [4.69, 9.17) is 4.98 Å². The number of rotatable bonds is 3. The lowest BCUT2D eigenvalue weighted by molar-refractivity contribution is 0.795. The van der Waals surface area contributed by atoms with Gasteiger partial charge >= 0.3 is 0 Å². The molecular weight excluding hydrogens is 615 g/mol. The molecule has 8 aromatic carbocycles. The lowest BCUT2D eigenvalue weighted by atomic mass is 9.69. The van der Waals surface area contributed by atoms with Crippen LogP contribution in [0, 0.1) is 0 Å². The van der Waals surface area contributed by atoms with Crippen LogP contribution in [0.15, 0.2) is 188 Å². The Balaban J connectivity index is 1.15. The molecule has 1 spiro atoms. The van der Waals surface area contributed by atoms with Gasteiger partial charge in [0.1, 0.15) is 0 Å². The second-order valence-corrected chi connectivity index (χ2v) is 13.8. The van der Waals surface area contributed by atoms with E-state index in [-0.39, 0.29) is 0 Å². The van der Waals surface area contributed by atoms with E-state index in [1.165, 1.54) is 88.3 Å². The summed E-state index contributed by atoms with van der Waals surface area (Å²) in [6.45, 7) is 0. The highest BCUT2D eigenvalue weighted by Crippen LogP contribution is 2.64. The van der Waals surface area contributed by atoms with Crippen molar-refractivity contribution in [2.45, 2.75) is 5.41 Å². The summed E-state index contributed by atoms with van der Waals surface area (Å²) in [5.74, 6) is 0. The summed E-state index contributed by atoms with van der Waals surface area (Å²) in [6.07, 6.45) is 2.10. The fraction of sp³-hybridized carbons (Fsp3) is 0.0200. The molecule has 0 radical (unpaired) electrons. The number of pyridine rings is 1. The second-order valence-electron chi connectivity index (χ2n) is 13.8. The largest absolute Gasteiger partial charge is 0.256 e. The molecule has 0 saturated carbocycles. The van der Waals surface area contributed by atoms with Crippen molar-refractivity contribution < 1.29 is 0 Å². The Kier molecular flexibility index (Phi) is 5.94. The summed E-state index contributed by atoms with van der Waals surface area (Å²) in [4.78, 5) is 5.31. The van der Waals surface area contributed by atoms with Gasteiger partial charge < -0.3 is 0 Å². The van der Waals surface area contributed by atoms with E-state index in [9.17, 15) is 0 Å². The van der Waals surface area contributed by atoms with Crippen molar-refractivity contribution in [1.29, 1.82) is 0 Å². The normalized spacial score (nSPS) is 13.3. The maximum Gasteiger partial charge on any atom is 0.0731 e. The molecule has 1 heteroatoms. The van der Waals surface area contributed by atoms with Gasteiger partial charge in [-0.2, -0.15) is 0 Å². The van der Waals surface area contributed by atoms with Crippen LogP contribution < -0.4 is 0 Å². The Morgan fingerprint density at radius 3 is 1.31 bits per heavy atom. The molecule has 11 rings (SSSR count). The third kappa shape index (κ3) is 3.78. The number of fused-ring (bicyclic) bond motifs is 12. The van der Waals surface area contributed by atoms with Gasteiger partial charge in [-0.1, -0.05) is 176 Å². The Labute approximate surface area is 297 Å². The number of hydrogen-bond donors (Lipinski definition) is 0. The van der Waals surface area contributed by atoms with Crippen LogP contribution in [0.4, 0.5) is 0 Å². The van der Waals surface area contributed by atoms with Crippen molar-refractivity contribution >= 4 is 21.5 Å². The minimum Gasteiger partial charge on any atom is -0.256 e. The van der Waals surface area contributed by atoms with Crippen LogP contribution in [0.5, 0.6) is 0 Å². The SMILES string of the molecule is c1ccc(-c2c3ccccc3c(-c3ccc(-c4cccc5c4C4(c6ccccc6-c6ccccc64)c4ccccc4-5)cn3)c3ccccc23)cc1. The van der Waals surface area contributed by atoms with Gasteiger partial charge in [0.2, 0.25) is 0 Å². The van der Waals surface area contributed by atoms with Crippen molar-refractivity contribution in [3.05, 3.63) is 210 Å². The number of nitrogens with zero attached hydrogens (tertiary/aromatic N) is 1. The van der Waals surface area contributed by atoms with Gasteiger partial charge in [-0.25, -0.2) is 0 Å². The van der Waals surface area contributed by atoms with Gasteiger partial charge in [-0.15, -0.1) is 0 Å². The predicted octanol–water partition coefficient (Wildman–Crippen LogP) is 12.7. The van der Waals surface area contributed by atoms with E-state index in [0.717, 1.165) is 11.3 Å². The third-order valence-electron chi connectivity index (χ3n) is 11.3. The first kappa shape index (κ1) is 28.3. The highest BCUT2D eigenvalue weighted by molar-refractivity contribution is 6.21. The zero-order valence-electron chi connectivity index (χ0n) is 27.8. The Morgan fingerprint density at radius 2 is 0.765 bits per heavy atom. The molecule has 0 fully saturated rings. The molecule has 2 aliphatic carbocycles. The zero-order chi connectivity index (χ0) is 33.5. The minimum atomic E-state index is -0.409. The van der Waals surface area contributed by atoms with Gasteiger partial charge in [0.05, 0.1) is 11.1 Å². The van der Waals surface area contributed by atoms with E-state index in [1.807, 2.05) is 0 Å². The lowest BCUT2D eigenvalue weighted by Crippen LogP contribution is -2.26. The summed E-state index contributed by atoms with van der Waals surface area (Å²) in [5.41, 5.74) is 17.2. The molecule has 0 N–H and O–H groups in total. The van der Waals surface area contributed by atoms with Crippen LogP contribution >= 0.6 is 0 Å². The molecular formula is C50H31N. The molecule has 0 atom stereocenters. The molecule has 0 aliphatic heterocycles. The average molecular weight is 646 g/mol. The Hall–Kier alpha value is -6.57. The fourth-order valence-electron chi connectivity index (χ4n) is 9.42. The van der Waals surface area contributed by atoms with Crippen molar-refractivity contribution in [3.63, 3.8) is 0 Å². The number of aromatic nitrogens is 1. The van der Waals surface area contributed by atoms with Crippen LogP contribution in [-0.2, 0) is 5.41 Å².